The van der Waals surface area contributed by atoms with Crippen molar-refractivity contribution in [3.8, 4) is 0 Å². The van der Waals surface area contributed by atoms with Crippen LogP contribution in [0.1, 0.15) is 22.8 Å². The van der Waals surface area contributed by atoms with Crippen molar-refractivity contribution in [3.05, 3.63) is 47.5 Å². The van der Waals surface area contributed by atoms with Gasteiger partial charge in [0.15, 0.2) is 6.29 Å². The van der Waals surface area contributed by atoms with E-state index in [1.54, 1.807) is 18.2 Å². The Hall–Kier alpha value is -2.30. The first kappa shape index (κ1) is 14.1. The third kappa shape index (κ3) is 2.27. The van der Waals surface area contributed by atoms with E-state index in [0.717, 1.165) is 6.07 Å². The zero-order valence-electron chi connectivity index (χ0n) is 10.7. The van der Waals surface area contributed by atoms with Crippen LogP contribution in [-0.4, -0.2) is 18.9 Å². The van der Waals surface area contributed by atoms with E-state index < -0.39 is 17.5 Å². The van der Waals surface area contributed by atoms with Crippen LogP contribution < -0.4 is 0 Å². The molecule has 0 N–H and O–H groups in total. The molecule has 2 aromatic rings. The van der Waals surface area contributed by atoms with Gasteiger partial charge in [0, 0.05) is 11.1 Å². The molecule has 0 heterocycles. The third-order valence-electron chi connectivity index (χ3n) is 2.95. The van der Waals surface area contributed by atoms with E-state index in [1.807, 2.05) is 0 Å². The first-order valence-electron chi connectivity index (χ1n) is 6.04. The molecule has 0 aliphatic heterocycles. The molecular formula is C15H12F2O3. The molecule has 0 aromatic heterocycles. The van der Waals surface area contributed by atoms with Gasteiger partial charge >= 0.3 is 11.9 Å². The van der Waals surface area contributed by atoms with E-state index in [9.17, 15) is 18.4 Å². The first-order chi connectivity index (χ1) is 9.52. The molecule has 0 spiro atoms. The summed E-state index contributed by atoms with van der Waals surface area (Å²) in [5, 5.41) is 0.541. The van der Waals surface area contributed by atoms with Crippen molar-refractivity contribution < 1.29 is 23.1 Å². The molecule has 0 saturated carbocycles. The van der Waals surface area contributed by atoms with Gasteiger partial charge in [0.2, 0.25) is 0 Å². The van der Waals surface area contributed by atoms with Gasteiger partial charge < -0.3 is 4.74 Å². The quantitative estimate of drug-likeness (QED) is 0.636. The molecule has 20 heavy (non-hydrogen) atoms. The Morgan fingerprint density at radius 2 is 1.85 bits per heavy atom. The Labute approximate surface area is 114 Å². The molecule has 0 amide bonds. The average molecular weight is 278 g/mol. The van der Waals surface area contributed by atoms with Crippen LogP contribution in [0.25, 0.3) is 10.8 Å². The second-order valence-corrected chi connectivity index (χ2v) is 4.16. The Morgan fingerprint density at radius 3 is 2.45 bits per heavy atom. The van der Waals surface area contributed by atoms with E-state index in [-0.39, 0.29) is 12.0 Å². The summed E-state index contributed by atoms with van der Waals surface area (Å²) in [6.45, 7) is 1.33. The monoisotopic (exact) mass is 278 g/mol. The summed E-state index contributed by atoms with van der Waals surface area (Å²) >= 11 is 0. The zero-order chi connectivity index (χ0) is 14.8. The van der Waals surface area contributed by atoms with Crippen LogP contribution >= 0.6 is 0 Å². The fourth-order valence-corrected chi connectivity index (χ4v) is 2.03. The van der Waals surface area contributed by atoms with Crippen molar-refractivity contribution in [2.75, 3.05) is 6.61 Å². The highest BCUT2D eigenvalue weighted by Crippen LogP contribution is 2.35. The zero-order valence-corrected chi connectivity index (χ0v) is 10.7. The Kier molecular flexibility index (Phi) is 3.79. The molecular weight excluding hydrogens is 266 g/mol. The molecule has 0 saturated heterocycles. The molecule has 3 nitrogen and oxygen atoms in total. The van der Waals surface area contributed by atoms with Crippen molar-refractivity contribution in [3.63, 3.8) is 0 Å². The molecule has 5 heteroatoms. The van der Waals surface area contributed by atoms with Gasteiger partial charge in [-0.2, -0.15) is 8.78 Å². The minimum atomic E-state index is -3.75. The number of aldehydes is 1. The third-order valence-corrected chi connectivity index (χ3v) is 2.95. The maximum atomic E-state index is 14.1. The first-order valence-corrected chi connectivity index (χ1v) is 6.04. The van der Waals surface area contributed by atoms with Crippen molar-refractivity contribution in [1.29, 1.82) is 0 Å². The lowest BCUT2D eigenvalue weighted by molar-refractivity contribution is -0.172. The lowest BCUT2D eigenvalue weighted by Gasteiger charge is -2.17. The molecule has 0 fully saturated rings. The minimum Gasteiger partial charge on any atom is -0.461 e. The molecule has 2 rings (SSSR count). The number of hydrogen-bond acceptors (Lipinski definition) is 3. The van der Waals surface area contributed by atoms with Gasteiger partial charge in [0.1, 0.15) is 0 Å². The number of halogens is 2. The average Bonchev–Trinajstić information content (AvgIpc) is 2.46. The van der Waals surface area contributed by atoms with Crippen LogP contribution in [0.15, 0.2) is 36.4 Å². The minimum absolute atomic E-state index is 0.126. The second kappa shape index (κ2) is 5.36. The predicted octanol–water partition coefficient (Wildman–Crippen LogP) is 3.31. The van der Waals surface area contributed by atoms with Gasteiger partial charge in [-0.25, -0.2) is 4.79 Å². The van der Waals surface area contributed by atoms with Gasteiger partial charge in [-0.05, 0) is 17.7 Å². The van der Waals surface area contributed by atoms with Gasteiger partial charge in [0.05, 0.1) is 6.61 Å². The standard InChI is InChI=1S/C15H12F2O3/c1-2-20-14(19)15(16,17)13-8-7-10(9-18)11-5-3-4-6-12(11)13/h3-9H,2H2,1H3. The van der Waals surface area contributed by atoms with Gasteiger partial charge in [-0.1, -0.05) is 36.4 Å². The second-order valence-electron chi connectivity index (χ2n) is 4.16. The van der Waals surface area contributed by atoms with Crippen LogP contribution in [0.4, 0.5) is 8.78 Å². The number of carbonyl (C=O) groups is 2. The van der Waals surface area contributed by atoms with Crippen LogP contribution in [0.3, 0.4) is 0 Å². The lowest BCUT2D eigenvalue weighted by atomic mass is 9.96. The molecule has 0 unspecified atom stereocenters. The summed E-state index contributed by atoms with van der Waals surface area (Å²) in [5.41, 5.74) is -0.166. The van der Waals surface area contributed by atoms with E-state index in [0.29, 0.717) is 17.2 Å². The molecule has 0 radical (unpaired) electrons. The number of fused-ring (bicyclic) bond motifs is 1. The van der Waals surface area contributed by atoms with Crippen molar-refractivity contribution >= 4 is 23.0 Å². The maximum Gasteiger partial charge on any atom is 0.382 e. The highest BCUT2D eigenvalue weighted by Gasteiger charge is 2.43. The predicted molar refractivity (Wildman–Crippen MR) is 69.9 cm³/mol. The van der Waals surface area contributed by atoms with Gasteiger partial charge in [-0.15, -0.1) is 0 Å². The normalized spacial score (nSPS) is 11.3. The van der Waals surface area contributed by atoms with E-state index in [4.69, 9.17) is 0 Å². The Balaban J connectivity index is 2.66. The number of carbonyl (C=O) groups excluding carboxylic acids is 2. The molecule has 0 aliphatic rings. The molecule has 0 atom stereocenters. The molecule has 0 aliphatic carbocycles. The van der Waals surface area contributed by atoms with Crippen LogP contribution in [0, 0.1) is 0 Å². The van der Waals surface area contributed by atoms with Crippen LogP contribution in [0.5, 0.6) is 0 Å². The summed E-state index contributed by atoms with van der Waals surface area (Å²) in [5.74, 6) is -5.35. The molecule has 0 bridgehead atoms. The number of benzene rings is 2. The summed E-state index contributed by atoms with van der Waals surface area (Å²) in [6, 6.07) is 8.58. The molecule has 2 aromatic carbocycles. The van der Waals surface area contributed by atoms with E-state index in [1.165, 1.54) is 19.1 Å². The van der Waals surface area contributed by atoms with E-state index >= 15 is 0 Å². The highest BCUT2D eigenvalue weighted by molar-refractivity contribution is 6.01. The Morgan fingerprint density at radius 1 is 1.20 bits per heavy atom. The summed E-state index contributed by atoms with van der Waals surface area (Å²) < 4.78 is 32.7. The lowest BCUT2D eigenvalue weighted by Crippen LogP contribution is -2.28. The number of rotatable bonds is 4. The topological polar surface area (TPSA) is 43.4 Å². The largest absolute Gasteiger partial charge is 0.461 e. The molecule has 104 valence electrons. The summed E-state index contributed by atoms with van der Waals surface area (Å²) in [4.78, 5) is 22.4. The maximum absolute atomic E-state index is 14.1. The van der Waals surface area contributed by atoms with Crippen molar-refractivity contribution in [2.24, 2.45) is 0 Å². The number of alkyl halides is 2. The van der Waals surface area contributed by atoms with E-state index in [2.05, 4.69) is 4.74 Å². The Bertz CT molecular complexity index is 665. The SMILES string of the molecule is CCOC(=O)C(F)(F)c1ccc(C=O)c2ccccc12. The number of hydrogen-bond donors (Lipinski definition) is 0. The summed E-state index contributed by atoms with van der Waals surface area (Å²) in [6.07, 6.45) is 0.592. The number of ether oxygens (including phenoxy) is 1. The fraction of sp³-hybridized carbons (Fsp3) is 0.200. The van der Waals surface area contributed by atoms with Gasteiger partial charge in [0.25, 0.3) is 0 Å². The fourth-order valence-electron chi connectivity index (χ4n) is 2.03. The van der Waals surface area contributed by atoms with Gasteiger partial charge in [-0.3, -0.25) is 4.79 Å². The van der Waals surface area contributed by atoms with Crippen LogP contribution in [0.2, 0.25) is 0 Å². The smallest absolute Gasteiger partial charge is 0.382 e. The van der Waals surface area contributed by atoms with Crippen molar-refractivity contribution in [1.82, 2.24) is 0 Å². The van der Waals surface area contributed by atoms with Crippen LogP contribution in [-0.2, 0) is 15.5 Å². The number of esters is 1. The van der Waals surface area contributed by atoms with Crippen molar-refractivity contribution in [2.45, 2.75) is 12.8 Å². The highest BCUT2D eigenvalue weighted by atomic mass is 19.3. The summed E-state index contributed by atoms with van der Waals surface area (Å²) in [7, 11) is 0.